The summed E-state index contributed by atoms with van der Waals surface area (Å²) in [5.74, 6) is -0.634. The van der Waals surface area contributed by atoms with Gasteiger partial charge in [-0.1, -0.05) is 25.1 Å². The molecule has 0 amide bonds. The van der Waals surface area contributed by atoms with E-state index in [-0.39, 0.29) is 0 Å². The van der Waals surface area contributed by atoms with Crippen LogP contribution >= 0.6 is 0 Å². The zero-order valence-electron chi connectivity index (χ0n) is 18.3. The van der Waals surface area contributed by atoms with Gasteiger partial charge in [0.2, 0.25) is 5.95 Å². The highest BCUT2D eigenvalue weighted by Gasteiger charge is 2.21. The molecule has 32 heavy (non-hydrogen) atoms. The van der Waals surface area contributed by atoms with Crippen molar-refractivity contribution < 1.29 is 8.78 Å². The van der Waals surface area contributed by atoms with Crippen molar-refractivity contribution in [3.63, 3.8) is 0 Å². The number of nitrogens with zero attached hydrogens (tertiary/aromatic N) is 3. The monoisotopic (exact) mass is 437 g/mol. The highest BCUT2D eigenvalue weighted by molar-refractivity contribution is 5.61. The van der Waals surface area contributed by atoms with Crippen molar-refractivity contribution in [1.29, 1.82) is 0 Å². The Morgan fingerprint density at radius 3 is 2.69 bits per heavy atom. The summed E-state index contributed by atoms with van der Waals surface area (Å²) in [4.78, 5) is 11.4. The van der Waals surface area contributed by atoms with Gasteiger partial charge in [0.1, 0.15) is 11.6 Å². The summed E-state index contributed by atoms with van der Waals surface area (Å²) < 4.78 is 26.7. The predicted octanol–water partition coefficient (Wildman–Crippen LogP) is 4.26. The first-order valence-corrected chi connectivity index (χ1v) is 11.2. The fourth-order valence-electron chi connectivity index (χ4n) is 4.19. The average molecular weight is 438 g/mol. The van der Waals surface area contributed by atoms with Crippen LogP contribution in [0.4, 0.5) is 14.7 Å². The van der Waals surface area contributed by atoms with E-state index >= 15 is 0 Å². The molecule has 2 heterocycles. The topological polar surface area (TPSA) is 53.1 Å². The van der Waals surface area contributed by atoms with Crippen molar-refractivity contribution in [2.75, 3.05) is 31.5 Å². The predicted molar refractivity (Wildman–Crippen MR) is 123 cm³/mol. The maximum absolute atomic E-state index is 13.3. The Kier molecular flexibility index (Phi) is 7.39. The molecule has 4 rings (SSSR count). The lowest BCUT2D eigenvalue weighted by Crippen LogP contribution is -2.36. The van der Waals surface area contributed by atoms with Gasteiger partial charge in [0.05, 0.1) is 5.69 Å². The van der Waals surface area contributed by atoms with Gasteiger partial charge in [0.15, 0.2) is 0 Å². The van der Waals surface area contributed by atoms with E-state index in [1.807, 2.05) is 6.07 Å². The number of anilines is 1. The van der Waals surface area contributed by atoms with Crippen LogP contribution in [0.3, 0.4) is 0 Å². The maximum Gasteiger partial charge on any atom is 0.223 e. The van der Waals surface area contributed by atoms with E-state index in [4.69, 9.17) is 0 Å². The summed E-state index contributed by atoms with van der Waals surface area (Å²) in [7, 11) is 0. The molecule has 3 aromatic rings. The van der Waals surface area contributed by atoms with Crippen LogP contribution in [0.5, 0.6) is 0 Å². The molecule has 5 nitrogen and oxygen atoms in total. The van der Waals surface area contributed by atoms with Crippen molar-refractivity contribution in [3.05, 3.63) is 77.5 Å². The van der Waals surface area contributed by atoms with Gasteiger partial charge in [-0.2, -0.15) is 0 Å². The van der Waals surface area contributed by atoms with Crippen molar-refractivity contribution >= 4 is 5.95 Å². The van der Waals surface area contributed by atoms with Gasteiger partial charge in [-0.15, -0.1) is 0 Å². The molecule has 0 aliphatic carbocycles. The van der Waals surface area contributed by atoms with Crippen molar-refractivity contribution in [2.45, 2.75) is 32.4 Å². The fourth-order valence-corrected chi connectivity index (χ4v) is 4.19. The number of aromatic nitrogens is 2. The molecule has 7 heteroatoms. The van der Waals surface area contributed by atoms with Gasteiger partial charge >= 0.3 is 0 Å². The van der Waals surface area contributed by atoms with Crippen LogP contribution in [0.15, 0.2) is 54.7 Å². The Bertz CT molecular complexity index is 1020. The van der Waals surface area contributed by atoms with Crippen LogP contribution in [0.2, 0.25) is 0 Å². The first kappa shape index (κ1) is 22.3. The second kappa shape index (κ2) is 10.6. The molecule has 2 N–H and O–H groups in total. The van der Waals surface area contributed by atoms with E-state index in [9.17, 15) is 8.78 Å². The molecule has 1 fully saturated rings. The molecule has 2 aromatic carbocycles. The van der Waals surface area contributed by atoms with Crippen LogP contribution in [0.25, 0.3) is 11.3 Å². The van der Waals surface area contributed by atoms with Crippen LogP contribution in [0, 0.1) is 11.6 Å². The Morgan fingerprint density at radius 2 is 1.94 bits per heavy atom. The van der Waals surface area contributed by atoms with Gasteiger partial charge in [0, 0.05) is 43.5 Å². The molecule has 0 spiro atoms. The van der Waals surface area contributed by atoms with E-state index in [0.29, 0.717) is 30.5 Å². The Labute approximate surface area is 187 Å². The summed E-state index contributed by atoms with van der Waals surface area (Å²) in [6.07, 6.45) is 3.39. The number of benzene rings is 2. The fraction of sp³-hybridized carbons (Fsp3) is 0.360. The first-order valence-electron chi connectivity index (χ1n) is 11.2. The zero-order chi connectivity index (χ0) is 22.3. The zero-order valence-corrected chi connectivity index (χ0v) is 18.3. The molecule has 1 saturated heterocycles. The summed E-state index contributed by atoms with van der Waals surface area (Å²) in [6, 6.07) is 14.5. The third-order valence-corrected chi connectivity index (χ3v) is 5.84. The SMILES string of the molecule is CCN(Cc1cccc(-c2ccnc(NCCc3cc(F)cc(F)c3)n2)c1)[C@H]1CCNC1. The van der Waals surface area contributed by atoms with Crippen molar-refractivity contribution in [3.8, 4) is 11.3 Å². The number of hydrogen-bond donors (Lipinski definition) is 2. The number of rotatable bonds is 9. The Morgan fingerprint density at radius 1 is 1.09 bits per heavy atom. The number of likely N-dealkylation sites (N-methyl/N-ethyl adjacent to an activating group) is 1. The molecule has 1 aliphatic rings. The van der Waals surface area contributed by atoms with Crippen LogP contribution in [-0.4, -0.2) is 47.1 Å². The summed E-state index contributed by atoms with van der Waals surface area (Å²) in [5.41, 5.74) is 3.74. The molecule has 0 radical (unpaired) electrons. The highest BCUT2D eigenvalue weighted by atomic mass is 19.1. The molecule has 0 unspecified atom stereocenters. The first-order chi connectivity index (χ1) is 15.6. The lowest BCUT2D eigenvalue weighted by molar-refractivity contribution is 0.210. The largest absolute Gasteiger partial charge is 0.354 e. The smallest absolute Gasteiger partial charge is 0.223 e. The number of nitrogens with one attached hydrogen (secondary N) is 2. The van der Waals surface area contributed by atoms with Crippen LogP contribution < -0.4 is 10.6 Å². The molecular weight excluding hydrogens is 408 g/mol. The van der Waals surface area contributed by atoms with Gasteiger partial charge in [-0.3, -0.25) is 4.90 Å². The quantitative estimate of drug-likeness (QED) is 0.524. The van der Waals surface area contributed by atoms with E-state index in [2.05, 4.69) is 56.7 Å². The minimum atomic E-state index is -0.566. The summed E-state index contributed by atoms with van der Waals surface area (Å²) >= 11 is 0. The van der Waals surface area contributed by atoms with E-state index < -0.39 is 11.6 Å². The average Bonchev–Trinajstić information content (AvgIpc) is 3.32. The van der Waals surface area contributed by atoms with E-state index in [1.54, 1.807) is 6.20 Å². The van der Waals surface area contributed by atoms with E-state index in [0.717, 1.165) is 43.5 Å². The van der Waals surface area contributed by atoms with Crippen molar-refractivity contribution in [1.82, 2.24) is 20.2 Å². The van der Waals surface area contributed by atoms with Gasteiger partial charge in [-0.25, -0.2) is 18.7 Å². The van der Waals surface area contributed by atoms with Gasteiger partial charge < -0.3 is 10.6 Å². The number of hydrogen-bond acceptors (Lipinski definition) is 5. The highest BCUT2D eigenvalue weighted by Crippen LogP contribution is 2.21. The molecule has 1 atom stereocenters. The lowest BCUT2D eigenvalue weighted by Gasteiger charge is -2.27. The van der Waals surface area contributed by atoms with Gasteiger partial charge in [0.25, 0.3) is 0 Å². The summed E-state index contributed by atoms with van der Waals surface area (Å²) in [6.45, 7) is 6.77. The Balaban J connectivity index is 1.40. The molecular formula is C25H29F2N5. The standard InChI is InChI=1S/C25H29F2N5/c1-2-32(23-7-9-28-16-23)17-19-4-3-5-20(12-19)24-8-11-30-25(31-24)29-10-6-18-13-21(26)15-22(27)14-18/h3-5,8,11-15,23,28H,2,6-7,9-10,16-17H2,1H3,(H,29,30,31)/t23-/m0/s1. The third kappa shape index (κ3) is 5.87. The normalized spacial score (nSPS) is 15.9. The molecule has 0 saturated carbocycles. The van der Waals surface area contributed by atoms with E-state index in [1.165, 1.54) is 24.1 Å². The number of halogens is 2. The van der Waals surface area contributed by atoms with Crippen molar-refractivity contribution in [2.24, 2.45) is 0 Å². The maximum atomic E-state index is 13.3. The lowest BCUT2D eigenvalue weighted by atomic mass is 10.1. The molecule has 1 aliphatic heterocycles. The minimum Gasteiger partial charge on any atom is -0.354 e. The van der Waals surface area contributed by atoms with Crippen LogP contribution in [0.1, 0.15) is 24.5 Å². The molecule has 1 aromatic heterocycles. The van der Waals surface area contributed by atoms with Crippen LogP contribution in [-0.2, 0) is 13.0 Å². The Hall–Kier alpha value is -2.90. The minimum absolute atomic E-state index is 0.473. The molecule has 168 valence electrons. The second-order valence-electron chi connectivity index (χ2n) is 8.13. The van der Waals surface area contributed by atoms with Gasteiger partial charge in [-0.05, 0) is 61.3 Å². The third-order valence-electron chi connectivity index (χ3n) is 5.84. The summed E-state index contributed by atoms with van der Waals surface area (Å²) in [5, 5.41) is 6.60. The molecule has 0 bridgehead atoms. The second-order valence-corrected chi connectivity index (χ2v) is 8.13.